The Balaban J connectivity index is 2.57. The van der Waals surface area contributed by atoms with E-state index in [9.17, 15) is 0 Å². The minimum Gasteiger partial charge on any atom is -0.312 e. The molecule has 2 atom stereocenters. The first-order valence-corrected chi connectivity index (χ1v) is 8.02. The van der Waals surface area contributed by atoms with E-state index in [-0.39, 0.29) is 0 Å². The van der Waals surface area contributed by atoms with Crippen LogP contribution in [0, 0.1) is 11.8 Å². The van der Waals surface area contributed by atoms with Crippen molar-refractivity contribution < 1.29 is 0 Å². The molecule has 0 aromatic rings. The lowest BCUT2D eigenvalue weighted by Gasteiger charge is -2.36. The van der Waals surface area contributed by atoms with Gasteiger partial charge in [0, 0.05) is 25.2 Å². The summed E-state index contributed by atoms with van der Waals surface area (Å²) >= 11 is 0. The van der Waals surface area contributed by atoms with Gasteiger partial charge in [-0.05, 0) is 37.6 Å². The third kappa shape index (κ3) is 5.27. The zero-order chi connectivity index (χ0) is 13.5. The molecule has 1 saturated carbocycles. The Morgan fingerprint density at radius 2 is 1.67 bits per heavy atom. The lowest BCUT2D eigenvalue weighted by molar-refractivity contribution is 0.138. The van der Waals surface area contributed by atoms with Crippen LogP contribution < -0.4 is 5.32 Å². The van der Waals surface area contributed by atoms with Crippen LogP contribution in [0.2, 0.25) is 0 Å². The van der Waals surface area contributed by atoms with Crippen LogP contribution in [0.5, 0.6) is 0 Å². The molecule has 2 heteroatoms. The second-order valence-corrected chi connectivity index (χ2v) is 6.80. The summed E-state index contributed by atoms with van der Waals surface area (Å²) in [6.07, 6.45) is 5.41. The molecule has 2 unspecified atom stereocenters. The predicted octanol–water partition coefficient (Wildman–Crippen LogP) is 3.52. The smallest absolute Gasteiger partial charge is 0.0249 e. The number of nitrogens with zero attached hydrogens (tertiary/aromatic N) is 1. The van der Waals surface area contributed by atoms with Gasteiger partial charge in [-0.1, -0.05) is 41.0 Å². The molecule has 0 heterocycles. The normalized spacial score (nSPS) is 24.7. The van der Waals surface area contributed by atoms with Gasteiger partial charge in [-0.3, -0.25) is 4.90 Å². The van der Waals surface area contributed by atoms with E-state index in [1.54, 1.807) is 0 Å². The molecule has 2 nitrogen and oxygen atoms in total. The molecule has 0 bridgehead atoms. The van der Waals surface area contributed by atoms with E-state index in [0.29, 0.717) is 0 Å². The Kier molecular flexibility index (Phi) is 7.25. The Labute approximate surface area is 115 Å². The van der Waals surface area contributed by atoms with Crippen molar-refractivity contribution in [1.29, 1.82) is 0 Å². The number of hydrogen-bond donors (Lipinski definition) is 1. The van der Waals surface area contributed by atoms with E-state index < -0.39 is 0 Å². The van der Waals surface area contributed by atoms with E-state index in [1.807, 2.05) is 0 Å². The molecule has 1 N–H and O–H groups in total. The fraction of sp³-hybridized carbons (Fsp3) is 1.00. The Morgan fingerprint density at radius 1 is 1.06 bits per heavy atom. The van der Waals surface area contributed by atoms with Crippen molar-refractivity contribution in [2.24, 2.45) is 11.8 Å². The first kappa shape index (κ1) is 16.0. The largest absolute Gasteiger partial charge is 0.312 e. The summed E-state index contributed by atoms with van der Waals surface area (Å²) in [6.45, 7) is 15.3. The second kappa shape index (κ2) is 8.16. The van der Waals surface area contributed by atoms with Crippen LogP contribution in [0.15, 0.2) is 0 Å². The highest BCUT2D eigenvalue weighted by Crippen LogP contribution is 2.26. The quantitative estimate of drug-likeness (QED) is 0.713. The van der Waals surface area contributed by atoms with Crippen molar-refractivity contribution >= 4 is 0 Å². The van der Waals surface area contributed by atoms with Crippen molar-refractivity contribution in [2.75, 3.05) is 19.6 Å². The molecule has 0 amide bonds. The van der Waals surface area contributed by atoms with E-state index in [4.69, 9.17) is 0 Å². The minimum atomic E-state index is 0.738. The zero-order valence-electron chi connectivity index (χ0n) is 13.2. The molecular weight excluding hydrogens is 220 g/mol. The van der Waals surface area contributed by atoms with Gasteiger partial charge >= 0.3 is 0 Å². The van der Waals surface area contributed by atoms with E-state index >= 15 is 0 Å². The van der Waals surface area contributed by atoms with E-state index in [1.165, 1.54) is 45.3 Å². The lowest BCUT2D eigenvalue weighted by atomic mass is 10.0. The second-order valence-electron chi connectivity index (χ2n) is 6.80. The van der Waals surface area contributed by atoms with Crippen molar-refractivity contribution in [3.8, 4) is 0 Å². The minimum absolute atomic E-state index is 0.738. The highest BCUT2D eigenvalue weighted by Gasteiger charge is 2.31. The van der Waals surface area contributed by atoms with Crippen LogP contribution in [0.1, 0.15) is 60.3 Å². The van der Waals surface area contributed by atoms with E-state index in [2.05, 4.69) is 44.8 Å². The molecule has 0 aliphatic heterocycles. The fourth-order valence-electron chi connectivity index (χ4n) is 3.23. The Morgan fingerprint density at radius 3 is 2.17 bits per heavy atom. The van der Waals surface area contributed by atoms with Gasteiger partial charge in [-0.2, -0.15) is 0 Å². The number of hydrogen-bond acceptors (Lipinski definition) is 2. The zero-order valence-corrected chi connectivity index (χ0v) is 13.2. The number of rotatable bonds is 8. The molecule has 18 heavy (non-hydrogen) atoms. The third-order valence-electron chi connectivity index (χ3n) is 3.80. The average molecular weight is 254 g/mol. The SMILES string of the molecule is CCCNC1CCCC1N(CC(C)C)CC(C)C. The molecule has 0 spiro atoms. The molecule has 0 aromatic carbocycles. The summed E-state index contributed by atoms with van der Waals surface area (Å²) in [5.74, 6) is 1.55. The molecule has 0 saturated heterocycles. The highest BCUT2D eigenvalue weighted by atomic mass is 15.2. The monoisotopic (exact) mass is 254 g/mol. The highest BCUT2D eigenvalue weighted by molar-refractivity contribution is 4.90. The van der Waals surface area contributed by atoms with Gasteiger partial charge in [0.25, 0.3) is 0 Å². The van der Waals surface area contributed by atoms with Gasteiger partial charge in [-0.15, -0.1) is 0 Å². The van der Waals surface area contributed by atoms with Crippen LogP contribution >= 0.6 is 0 Å². The van der Waals surface area contributed by atoms with Crippen molar-refractivity contribution in [1.82, 2.24) is 10.2 Å². The third-order valence-corrected chi connectivity index (χ3v) is 3.80. The standard InChI is InChI=1S/C16H34N2/c1-6-10-17-15-8-7-9-16(15)18(11-13(2)3)12-14(4)5/h13-17H,6-12H2,1-5H3. The molecule has 1 aliphatic carbocycles. The summed E-state index contributed by atoms with van der Waals surface area (Å²) in [7, 11) is 0. The number of nitrogens with one attached hydrogen (secondary N) is 1. The summed E-state index contributed by atoms with van der Waals surface area (Å²) in [4.78, 5) is 2.76. The average Bonchev–Trinajstić information content (AvgIpc) is 2.72. The van der Waals surface area contributed by atoms with Crippen LogP contribution in [-0.2, 0) is 0 Å². The maximum Gasteiger partial charge on any atom is 0.0249 e. The van der Waals surface area contributed by atoms with Gasteiger partial charge in [0.15, 0.2) is 0 Å². The van der Waals surface area contributed by atoms with Gasteiger partial charge in [0.2, 0.25) is 0 Å². The van der Waals surface area contributed by atoms with Crippen LogP contribution in [0.3, 0.4) is 0 Å². The topological polar surface area (TPSA) is 15.3 Å². The molecule has 1 aliphatic rings. The first-order chi connectivity index (χ1) is 8.54. The van der Waals surface area contributed by atoms with Gasteiger partial charge in [0.05, 0.1) is 0 Å². The van der Waals surface area contributed by atoms with Crippen molar-refractivity contribution in [2.45, 2.75) is 72.4 Å². The van der Waals surface area contributed by atoms with E-state index in [0.717, 1.165) is 23.9 Å². The summed E-state index contributed by atoms with van der Waals surface area (Å²) in [6, 6.07) is 1.52. The molecule has 0 aromatic heterocycles. The molecule has 0 radical (unpaired) electrons. The molecule has 1 fully saturated rings. The Bertz CT molecular complexity index is 203. The molecular formula is C16H34N2. The summed E-state index contributed by atoms with van der Waals surface area (Å²) in [5.41, 5.74) is 0. The molecule has 108 valence electrons. The first-order valence-electron chi connectivity index (χ1n) is 8.02. The molecule has 1 rings (SSSR count). The predicted molar refractivity (Wildman–Crippen MR) is 81.0 cm³/mol. The maximum absolute atomic E-state index is 3.77. The van der Waals surface area contributed by atoms with Gasteiger partial charge in [-0.25, -0.2) is 0 Å². The van der Waals surface area contributed by atoms with Crippen molar-refractivity contribution in [3.63, 3.8) is 0 Å². The maximum atomic E-state index is 3.77. The fourth-order valence-corrected chi connectivity index (χ4v) is 3.23. The van der Waals surface area contributed by atoms with Crippen LogP contribution in [-0.4, -0.2) is 36.6 Å². The lowest BCUT2D eigenvalue weighted by Crippen LogP contribution is -2.49. The summed E-state index contributed by atoms with van der Waals surface area (Å²) in [5, 5.41) is 3.77. The van der Waals surface area contributed by atoms with Crippen molar-refractivity contribution in [3.05, 3.63) is 0 Å². The van der Waals surface area contributed by atoms with Crippen LogP contribution in [0.25, 0.3) is 0 Å². The van der Waals surface area contributed by atoms with Crippen LogP contribution in [0.4, 0.5) is 0 Å². The van der Waals surface area contributed by atoms with Gasteiger partial charge in [0.1, 0.15) is 0 Å². The Hall–Kier alpha value is -0.0800. The summed E-state index contributed by atoms with van der Waals surface area (Å²) < 4.78 is 0. The van der Waals surface area contributed by atoms with Gasteiger partial charge < -0.3 is 5.32 Å².